The third kappa shape index (κ3) is 4.12. The van der Waals surface area contributed by atoms with Gasteiger partial charge in [-0.1, -0.05) is 49.2 Å². The fourth-order valence-corrected chi connectivity index (χ4v) is 5.43. The molecule has 0 saturated carbocycles. The quantitative estimate of drug-likeness (QED) is 0.267. The van der Waals surface area contributed by atoms with E-state index in [1.54, 1.807) is 12.5 Å². The number of hydrogen-bond donors (Lipinski definition) is 2. The molecule has 2 aromatic heterocycles. The molecule has 1 aromatic carbocycles. The molecular weight excluding hydrogens is 534 g/mol. The van der Waals surface area contributed by atoms with Crippen LogP contribution in [0.1, 0.15) is 41.6 Å². The number of fused-ring (bicyclic) bond motifs is 1. The number of amides is 1. The lowest BCUT2D eigenvalue weighted by atomic mass is 9.97. The zero-order valence-corrected chi connectivity index (χ0v) is 21.1. The number of hydrogen-bond acceptors (Lipinski definition) is 6. The third-order valence-corrected chi connectivity index (χ3v) is 7.05. The number of aromatic amines is 1. The Bertz CT molecular complexity index is 1480. The van der Waals surface area contributed by atoms with Crippen LogP contribution in [0.4, 0.5) is 0 Å². The Kier molecular flexibility index (Phi) is 6.40. The Balaban J connectivity index is 1.76. The Hall–Kier alpha value is -3.50. The summed E-state index contributed by atoms with van der Waals surface area (Å²) in [5.41, 5.74) is 11.4. The van der Waals surface area contributed by atoms with Crippen molar-refractivity contribution in [2.75, 3.05) is 0 Å². The molecule has 178 valence electrons. The van der Waals surface area contributed by atoms with Gasteiger partial charge < -0.3 is 14.7 Å². The summed E-state index contributed by atoms with van der Waals surface area (Å²) in [4.78, 5) is 16.9. The highest BCUT2D eigenvalue weighted by molar-refractivity contribution is 9.10. The summed E-state index contributed by atoms with van der Waals surface area (Å²) < 4.78 is 8.16. The number of nitrogens with two attached hydrogens (primary N) is 1. The summed E-state index contributed by atoms with van der Waals surface area (Å²) in [5, 5.41) is 14.7. The molecule has 1 aliphatic heterocycles. The first-order chi connectivity index (χ1) is 17.0. The number of tetrazole rings is 1. The largest absolute Gasteiger partial charge is 0.472 e. The maximum absolute atomic E-state index is 12.4. The molecule has 0 unspecified atom stereocenters. The highest BCUT2D eigenvalue weighted by Gasteiger charge is 2.28. The number of unbranched alkanes of at least 4 members (excludes halogenated alkanes) is 1. The summed E-state index contributed by atoms with van der Waals surface area (Å²) in [6.07, 6.45) is 5.88. The molecule has 35 heavy (non-hydrogen) atoms. The number of aryl methyl sites for hydroxylation is 1. The second-order valence-corrected chi connectivity index (χ2v) is 9.20. The lowest BCUT2D eigenvalue weighted by Crippen LogP contribution is -2.19. The topological polar surface area (TPSA) is 129 Å². The molecule has 3 N–H and O–H groups in total. The monoisotopic (exact) mass is 553 g/mol. The van der Waals surface area contributed by atoms with Gasteiger partial charge in [-0.05, 0) is 50.3 Å². The number of benzene rings is 1. The SMILES string of the molecule is CCCCc1nc(Cl)c(C(N)=O)n1Cc1c2ccocc-2c(Br)c1-c1ccccc1-c1nn[nH]n1. The van der Waals surface area contributed by atoms with E-state index in [0.717, 1.165) is 50.7 Å². The molecule has 1 aliphatic carbocycles. The molecule has 0 bridgehead atoms. The van der Waals surface area contributed by atoms with Crippen molar-refractivity contribution in [3.05, 3.63) is 69.6 Å². The van der Waals surface area contributed by atoms with Crippen LogP contribution in [0.3, 0.4) is 0 Å². The van der Waals surface area contributed by atoms with Gasteiger partial charge in [0.05, 0.1) is 19.1 Å². The number of H-pyrrole nitrogens is 1. The van der Waals surface area contributed by atoms with Crippen LogP contribution in [-0.4, -0.2) is 36.1 Å². The van der Waals surface area contributed by atoms with Crippen LogP contribution in [0.15, 0.2) is 51.7 Å². The van der Waals surface area contributed by atoms with Crippen molar-refractivity contribution in [3.63, 3.8) is 0 Å². The number of primary amides is 1. The van der Waals surface area contributed by atoms with E-state index in [0.29, 0.717) is 24.6 Å². The average molecular weight is 555 g/mol. The van der Waals surface area contributed by atoms with Crippen LogP contribution in [-0.2, 0) is 13.0 Å². The minimum absolute atomic E-state index is 0.113. The smallest absolute Gasteiger partial charge is 0.268 e. The number of halogens is 2. The lowest BCUT2D eigenvalue weighted by molar-refractivity contribution is 0.0991. The minimum Gasteiger partial charge on any atom is -0.472 e. The van der Waals surface area contributed by atoms with E-state index in [-0.39, 0.29) is 10.8 Å². The number of nitrogens with zero attached hydrogens (tertiary/aromatic N) is 5. The van der Waals surface area contributed by atoms with Crippen molar-refractivity contribution in [2.45, 2.75) is 32.7 Å². The standard InChI is InChI=1S/C24H21BrClN7O2/c1-2-3-8-18-28-22(26)21(23(27)34)33(18)11-16-13-9-10-35-12-17(13)20(25)19(16)14-6-4-5-7-15(14)24-29-31-32-30-24/h4-7,9-10,12H,2-3,8,11H2,1H3,(H2,27,34)(H,29,30,31,32). The van der Waals surface area contributed by atoms with Crippen molar-refractivity contribution < 1.29 is 9.21 Å². The second kappa shape index (κ2) is 9.63. The van der Waals surface area contributed by atoms with Crippen LogP contribution in [0, 0.1) is 0 Å². The Morgan fingerprint density at radius 3 is 2.71 bits per heavy atom. The summed E-state index contributed by atoms with van der Waals surface area (Å²) in [6, 6.07) is 9.72. The van der Waals surface area contributed by atoms with E-state index in [1.807, 2.05) is 34.9 Å². The highest BCUT2D eigenvalue weighted by atomic mass is 79.9. The molecule has 3 aromatic rings. The third-order valence-electron chi connectivity index (χ3n) is 5.96. The molecule has 2 aliphatic rings. The first-order valence-electron chi connectivity index (χ1n) is 11.0. The predicted molar refractivity (Wildman–Crippen MR) is 135 cm³/mol. The van der Waals surface area contributed by atoms with E-state index in [1.165, 1.54) is 0 Å². The van der Waals surface area contributed by atoms with Gasteiger partial charge in [-0.15, -0.1) is 10.2 Å². The number of carbonyl (C=O) groups is 1. The lowest BCUT2D eigenvalue weighted by Gasteiger charge is -2.15. The molecule has 0 saturated heterocycles. The highest BCUT2D eigenvalue weighted by Crippen LogP contribution is 2.48. The van der Waals surface area contributed by atoms with E-state index in [4.69, 9.17) is 21.8 Å². The summed E-state index contributed by atoms with van der Waals surface area (Å²) >= 11 is 10.2. The van der Waals surface area contributed by atoms with Crippen molar-refractivity contribution >= 4 is 33.4 Å². The molecule has 0 spiro atoms. The second-order valence-electron chi connectivity index (χ2n) is 8.05. The van der Waals surface area contributed by atoms with Crippen molar-refractivity contribution in [1.29, 1.82) is 0 Å². The fraction of sp³-hybridized carbons (Fsp3) is 0.208. The fourth-order valence-electron chi connectivity index (χ4n) is 4.38. The van der Waals surface area contributed by atoms with Crippen molar-refractivity contribution in [1.82, 2.24) is 30.2 Å². The van der Waals surface area contributed by atoms with Crippen LogP contribution in [0.2, 0.25) is 5.15 Å². The number of aromatic nitrogens is 6. The molecule has 0 atom stereocenters. The Morgan fingerprint density at radius 2 is 2.00 bits per heavy atom. The van der Waals surface area contributed by atoms with Gasteiger partial charge >= 0.3 is 0 Å². The zero-order chi connectivity index (χ0) is 24.5. The normalized spacial score (nSPS) is 11.4. The predicted octanol–water partition coefficient (Wildman–Crippen LogP) is 5.33. The molecule has 9 nitrogen and oxygen atoms in total. The van der Waals surface area contributed by atoms with Gasteiger partial charge in [0, 0.05) is 27.6 Å². The number of imidazole rings is 1. The van der Waals surface area contributed by atoms with Crippen molar-refractivity contribution in [3.8, 4) is 33.6 Å². The van der Waals surface area contributed by atoms with Gasteiger partial charge in [-0.3, -0.25) is 4.79 Å². The number of carbonyl (C=O) groups excluding carboxylic acids is 1. The number of nitrogens with one attached hydrogen (secondary N) is 1. The first kappa shape index (κ1) is 23.3. The molecule has 5 rings (SSSR count). The first-order valence-corrected chi connectivity index (χ1v) is 12.2. The molecule has 1 amide bonds. The van der Waals surface area contributed by atoms with Gasteiger partial charge in [-0.25, -0.2) is 4.98 Å². The van der Waals surface area contributed by atoms with Gasteiger partial charge in [0.15, 0.2) is 5.15 Å². The van der Waals surface area contributed by atoms with Crippen LogP contribution >= 0.6 is 27.5 Å². The van der Waals surface area contributed by atoms with Crippen LogP contribution < -0.4 is 5.73 Å². The maximum atomic E-state index is 12.4. The minimum atomic E-state index is -0.621. The van der Waals surface area contributed by atoms with Gasteiger partial charge in [0.1, 0.15) is 11.5 Å². The summed E-state index contributed by atoms with van der Waals surface area (Å²) in [5.74, 6) is 0.568. The van der Waals surface area contributed by atoms with Gasteiger partial charge in [0.25, 0.3) is 5.91 Å². The molecule has 11 heteroatoms. The maximum Gasteiger partial charge on any atom is 0.268 e. The molecule has 0 radical (unpaired) electrons. The molecule has 3 heterocycles. The number of rotatable bonds is 8. The van der Waals surface area contributed by atoms with E-state index >= 15 is 0 Å². The van der Waals surface area contributed by atoms with Gasteiger partial charge in [0.2, 0.25) is 5.82 Å². The van der Waals surface area contributed by atoms with E-state index < -0.39 is 5.91 Å². The van der Waals surface area contributed by atoms with E-state index in [2.05, 4.69) is 48.5 Å². The molecular formula is C24H21BrClN7O2. The Labute approximate surface area is 214 Å². The zero-order valence-electron chi connectivity index (χ0n) is 18.8. The Morgan fingerprint density at radius 1 is 1.20 bits per heavy atom. The van der Waals surface area contributed by atoms with Gasteiger partial charge in [-0.2, -0.15) is 5.21 Å². The molecule has 0 fully saturated rings. The summed E-state index contributed by atoms with van der Waals surface area (Å²) in [7, 11) is 0. The van der Waals surface area contributed by atoms with E-state index in [9.17, 15) is 4.79 Å². The van der Waals surface area contributed by atoms with Crippen LogP contribution in [0.25, 0.3) is 33.6 Å². The summed E-state index contributed by atoms with van der Waals surface area (Å²) in [6.45, 7) is 2.43. The average Bonchev–Trinajstić information content (AvgIpc) is 3.56. The van der Waals surface area contributed by atoms with Crippen molar-refractivity contribution in [2.24, 2.45) is 5.73 Å². The van der Waals surface area contributed by atoms with Crippen LogP contribution in [0.5, 0.6) is 0 Å².